The molecule has 0 aliphatic carbocycles. The number of rotatable bonds is 4. The summed E-state index contributed by atoms with van der Waals surface area (Å²) in [6.45, 7) is 2.03. The molecule has 60 valence electrons. The van der Waals surface area contributed by atoms with Crippen LogP contribution in [0.3, 0.4) is 0 Å². The highest BCUT2D eigenvalue weighted by Gasteiger charge is 2.16. The number of thiol groups is 1. The summed E-state index contributed by atoms with van der Waals surface area (Å²) in [7, 11) is 2.64. The Balaban J connectivity index is 3.68. The first-order chi connectivity index (χ1) is 4.76. The molecule has 0 aromatic heterocycles. The molecule has 0 saturated heterocycles. The Morgan fingerprint density at radius 2 is 2.40 bits per heavy atom. The maximum Gasteiger partial charge on any atom is 0.319 e. The number of methoxy groups -OCH3 is 1. The summed E-state index contributed by atoms with van der Waals surface area (Å²) >= 11 is 3.96. The van der Waals surface area contributed by atoms with E-state index in [-0.39, 0.29) is 11.2 Å². The molecule has 0 saturated carbocycles. The van der Waals surface area contributed by atoms with Crippen molar-refractivity contribution in [3.8, 4) is 0 Å². The zero-order valence-electron chi connectivity index (χ0n) is 6.16. The van der Waals surface area contributed by atoms with Crippen molar-refractivity contribution in [2.24, 2.45) is 0 Å². The molecule has 0 aliphatic heterocycles. The van der Waals surface area contributed by atoms with Crippen molar-refractivity contribution in [2.45, 2.75) is 25.0 Å². The zero-order valence-corrected chi connectivity index (χ0v) is 7.87. The Morgan fingerprint density at radius 1 is 1.80 bits per heavy atom. The molecule has 0 spiro atoms. The molecule has 10 heavy (non-hydrogen) atoms. The van der Waals surface area contributed by atoms with Crippen molar-refractivity contribution in [3.05, 3.63) is 0 Å². The summed E-state index contributed by atoms with van der Waals surface area (Å²) in [5.74, 6) is -0.179. The van der Waals surface area contributed by atoms with Crippen LogP contribution in [0.4, 0.5) is 0 Å². The van der Waals surface area contributed by atoms with Crippen molar-refractivity contribution in [2.75, 3.05) is 7.11 Å². The summed E-state index contributed by atoms with van der Waals surface area (Å²) in [5.41, 5.74) is 0. The van der Waals surface area contributed by atoms with Crippen LogP contribution in [0.5, 0.6) is 0 Å². The van der Waals surface area contributed by atoms with Crippen molar-refractivity contribution >= 4 is 28.4 Å². The lowest BCUT2D eigenvalue weighted by molar-refractivity contribution is -0.140. The van der Waals surface area contributed by atoms with E-state index in [1.807, 2.05) is 6.92 Å². The van der Waals surface area contributed by atoms with E-state index < -0.39 is 0 Å². The first-order valence-electron chi connectivity index (χ1n) is 3.14. The van der Waals surface area contributed by atoms with Gasteiger partial charge in [0, 0.05) is 0 Å². The van der Waals surface area contributed by atoms with E-state index in [1.54, 1.807) is 0 Å². The van der Waals surface area contributed by atoms with Gasteiger partial charge >= 0.3 is 5.97 Å². The van der Waals surface area contributed by atoms with Gasteiger partial charge in [0.25, 0.3) is 0 Å². The van der Waals surface area contributed by atoms with E-state index in [0.717, 1.165) is 12.8 Å². The third kappa shape index (κ3) is 3.37. The van der Waals surface area contributed by atoms with Crippen LogP contribution in [0.15, 0.2) is 0 Å². The minimum atomic E-state index is -0.179. The average molecular weight is 180 g/mol. The molecule has 0 heterocycles. The van der Waals surface area contributed by atoms with E-state index in [0.29, 0.717) is 0 Å². The number of hydrogen-bond donors (Lipinski definition) is 1. The standard InChI is InChI=1S/C6H12O2S2/c1-3-4-5(10-9)6(7)8-2/h5,9H,3-4H2,1-2H3. The molecule has 0 aliphatic rings. The highest BCUT2D eigenvalue weighted by atomic mass is 33.1. The first-order valence-corrected chi connectivity index (χ1v) is 5.07. The summed E-state index contributed by atoms with van der Waals surface area (Å²) in [4.78, 5) is 10.8. The second kappa shape index (κ2) is 5.92. The van der Waals surface area contributed by atoms with Crippen molar-refractivity contribution in [3.63, 3.8) is 0 Å². The summed E-state index contributed by atoms with van der Waals surface area (Å²) in [5, 5.41) is -0.0988. The van der Waals surface area contributed by atoms with Gasteiger partial charge in [-0.25, -0.2) is 0 Å². The lowest BCUT2D eigenvalue weighted by Crippen LogP contribution is -2.16. The Labute approximate surface area is 70.5 Å². The number of ether oxygens (including phenoxy) is 1. The monoisotopic (exact) mass is 180 g/mol. The fraction of sp³-hybridized carbons (Fsp3) is 0.833. The second-order valence-electron chi connectivity index (χ2n) is 1.91. The number of esters is 1. The van der Waals surface area contributed by atoms with Gasteiger partial charge in [0.15, 0.2) is 0 Å². The Morgan fingerprint density at radius 3 is 2.70 bits per heavy atom. The Bertz CT molecular complexity index is 106. The second-order valence-corrected chi connectivity index (χ2v) is 3.32. The van der Waals surface area contributed by atoms with Crippen LogP contribution in [0.2, 0.25) is 0 Å². The fourth-order valence-corrected chi connectivity index (χ4v) is 1.71. The van der Waals surface area contributed by atoms with Crippen LogP contribution in [-0.2, 0) is 9.53 Å². The van der Waals surface area contributed by atoms with Crippen LogP contribution in [-0.4, -0.2) is 18.3 Å². The van der Waals surface area contributed by atoms with Crippen molar-refractivity contribution in [1.29, 1.82) is 0 Å². The molecule has 0 rings (SSSR count). The van der Waals surface area contributed by atoms with Crippen LogP contribution in [0, 0.1) is 0 Å². The minimum Gasteiger partial charge on any atom is -0.468 e. The molecule has 0 radical (unpaired) electrons. The number of carbonyl (C=O) groups is 1. The molecular formula is C6H12O2S2. The van der Waals surface area contributed by atoms with Gasteiger partial charge in [-0.05, 0) is 6.42 Å². The highest BCUT2D eigenvalue weighted by molar-refractivity contribution is 8.69. The molecule has 1 atom stereocenters. The molecule has 0 bridgehead atoms. The summed E-state index contributed by atoms with van der Waals surface area (Å²) in [6.07, 6.45) is 1.81. The third-order valence-corrected chi connectivity index (χ3v) is 2.59. The molecule has 0 fully saturated rings. The zero-order chi connectivity index (χ0) is 7.98. The lowest BCUT2D eigenvalue weighted by Gasteiger charge is -2.08. The third-order valence-electron chi connectivity index (χ3n) is 1.14. The van der Waals surface area contributed by atoms with Crippen molar-refractivity contribution in [1.82, 2.24) is 0 Å². The average Bonchev–Trinajstić information content (AvgIpc) is 1.99. The predicted octanol–water partition coefficient (Wildman–Crippen LogP) is 1.91. The molecule has 0 amide bonds. The van der Waals surface area contributed by atoms with Crippen LogP contribution in [0.25, 0.3) is 0 Å². The van der Waals surface area contributed by atoms with Gasteiger partial charge in [-0.2, -0.15) is 0 Å². The van der Waals surface area contributed by atoms with E-state index in [2.05, 4.69) is 16.4 Å². The maximum absolute atomic E-state index is 10.8. The fourth-order valence-electron chi connectivity index (χ4n) is 0.607. The van der Waals surface area contributed by atoms with Gasteiger partial charge in [0.2, 0.25) is 0 Å². The maximum atomic E-state index is 10.8. The Kier molecular flexibility index (Phi) is 6.02. The minimum absolute atomic E-state index is 0.0988. The van der Waals surface area contributed by atoms with E-state index in [1.165, 1.54) is 17.9 Å². The van der Waals surface area contributed by atoms with Crippen LogP contribution in [0.1, 0.15) is 19.8 Å². The van der Waals surface area contributed by atoms with Gasteiger partial charge < -0.3 is 4.74 Å². The quantitative estimate of drug-likeness (QED) is 0.406. The van der Waals surface area contributed by atoms with Crippen LogP contribution < -0.4 is 0 Å². The highest BCUT2D eigenvalue weighted by Crippen LogP contribution is 2.20. The molecule has 1 unspecified atom stereocenters. The topological polar surface area (TPSA) is 26.3 Å². The molecule has 0 aromatic carbocycles. The molecule has 4 heteroatoms. The van der Waals surface area contributed by atoms with E-state index in [9.17, 15) is 4.79 Å². The largest absolute Gasteiger partial charge is 0.468 e. The number of hydrogen-bond acceptors (Lipinski definition) is 4. The summed E-state index contributed by atoms with van der Waals surface area (Å²) < 4.78 is 4.55. The molecular weight excluding hydrogens is 168 g/mol. The predicted molar refractivity (Wildman–Crippen MR) is 47.3 cm³/mol. The molecule has 0 aromatic rings. The van der Waals surface area contributed by atoms with Gasteiger partial charge in [-0.3, -0.25) is 4.79 Å². The van der Waals surface area contributed by atoms with Gasteiger partial charge in [0.05, 0.1) is 7.11 Å². The smallest absolute Gasteiger partial charge is 0.319 e. The Hall–Kier alpha value is 0.170. The SMILES string of the molecule is CCCC(SS)C(=O)OC. The number of carbonyl (C=O) groups excluding carboxylic acids is 1. The van der Waals surface area contributed by atoms with Gasteiger partial charge in [0.1, 0.15) is 5.25 Å². The van der Waals surface area contributed by atoms with E-state index in [4.69, 9.17) is 0 Å². The molecule has 2 nitrogen and oxygen atoms in total. The molecule has 0 N–H and O–H groups in total. The van der Waals surface area contributed by atoms with E-state index >= 15 is 0 Å². The first kappa shape index (κ1) is 10.2. The normalized spacial score (nSPS) is 12.7. The van der Waals surface area contributed by atoms with Gasteiger partial charge in [-0.1, -0.05) is 24.1 Å². The lowest BCUT2D eigenvalue weighted by atomic mass is 10.2. The van der Waals surface area contributed by atoms with Crippen LogP contribution >= 0.6 is 22.5 Å². The summed E-state index contributed by atoms with van der Waals surface area (Å²) in [6, 6.07) is 0. The van der Waals surface area contributed by atoms with Gasteiger partial charge in [-0.15, -0.1) is 11.7 Å². The van der Waals surface area contributed by atoms with Crippen molar-refractivity contribution < 1.29 is 9.53 Å².